The van der Waals surface area contributed by atoms with Gasteiger partial charge in [0.2, 0.25) is 5.91 Å². The molecule has 28 heavy (non-hydrogen) atoms. The molecule has 3 heterocycles. The number of likely N-dealkylation sites (tertiary alicyclic amines) is 1. The molecule has 4 rings (SSSR count). The van der Waals surface area contributed by atoms with E-state index in [1.54, 1.807) is 4.90 Å². The first-order valence-electron chi connectivity index (χ1n) is 9.87. The fourth-order valence-corrected chi connectivity index (χ4v) is 4.28. The minimum Gasteiger partial charge on any atom is -0.313 e. The van der Waals surface area contributed by atoms with Gasteiger partial charge in [-0.2, -0.15) is 5.06 Å². The Morgan fingerprint density at radius 3 is 2.71 bits per heavy atom. The highest BCUT2D eigenvalue weighted by Gasteiger charge is 2.47. The van der Waals surface area contributed by atoms with Crippen molar-refractivity contribution in [3.8, 4) is 0 Å². The quantitative estimate of drug-likeness (QED) is 0.593. The van der Waals surface area contributed by atoms with Crippen molar-refractivity contribution in [3.63, 3.8) is 0 Å². The lowest BCUT2D eigenvalue weighted by atomic mass is 9.99. The fourth-order valence-electron chi connectivity index (χ4n) is 4.28. The third-order valence-electron chi connectivity index (χ3n) is 5.89. The Balaban J connectivity index is 1.34. The monoisotopic (exact) mass is 385 g/mol. The van der Waals surface area contributed by atoms with Gasteiger partial charge in [-0.3, -0.25) is 15.0 Å². The number of carbonyl (C=O) groups excluding carboxylic acids is 2. The second-order valence-corrected chi connectivity index (χ2v) is 7.92. The van der Waals surface area contributed by atoms with Crippen LogP contribution in [0, 0.1) is 11.3 Å². The SMILES string of the molecule is CN1CC[C@@H](C(=O)NC(=N)[C@@H]2CC[C@@H]3CN2C(=O)N3OCc2ccccc2)C1. The van der Waals surface area contributed by atoms with E-state index >= 15 is 0 Å². The second kappa shape index (κ2) is 7.89. The minimum atomic E-state index is -0.392. The van der Waals surface area contributed by atoms with Gasteiger partial charge in [-0.05, 0) is 38.4 Å². The molecule has 0 aromatic heterocycles. The molecule has 1 aromatic carbocycles. The molecular weight excluding hydrogens is 358 g/mol. The number of hydrogen-bond acceptors (Lipinski definition) is 5. The van der Waals surface area contributed by atoms with Gasteiger partial charge in [0.1, 0.15) is 12.4 Å². The molecule has 2 N–H and O–H groups in total. The summed E-state index contributed by atoms with van der Waals surface area (Å²) in [6.07, 6.45) is 2.23. The van der Waals surface area contributed by atoms with E-state index in [9.17, 15) is 9.59 Å². The molecule has 0 saturated carbocycles. The van der Waals surface area contributed by atoms with Crippen molar-refractivity contribution >= 4 is 17.8 Å². The number of benzene rings is 1. The Labute approximate surface area is 164 Å². The normalized spacial score (nSPS) is 27.3. The molecule has 3 atom stereocenters. The van der Waals surface area contributed by atoms with E-state index < -0.39 is 6.04 Å². The van der Waals surface area contributed by atoms with Crippen LogP contribution >= 0.6 is 0 Å². The van der Waals surface area contributed by atoms with Gasteiger partial charge in [-0.25, -0.2) is 4.79 Å². The fraction of sp³-hybridized carbons (Fsp3) is 0.550. The Kier molecular flexibility index (Phi) is 5.32. The summed E-state index contributed by atoms with van der Waals surface area (Å²) in [5.74, 6) is -0.0711. The number of amidine groups is 1. The van der Waals surface area contributed by atoms with Crippen molar-refractivity contribution in [2.45, 2.75) is 38.0 Å². The molecule has 3 aliphatic rings. The summed E-state index contributed by atoms with van der Waals surface area (Å²) < 4.78 is 0. The van der Waals surface area contributed by atoms with Crippen molar-refractivity contribution < 1.29 is 14.4 Å². The molecule has 0 unspecified atom stereocenters. The smallest absolute Gasteiger partial charge is 0.313 e. The van der Waals surface area contributed by atoms with Gasteiger partial charge in [0.05, 0.1) is 18.0 Å². The second-order valence-electron chi connectivity index (χ2n) is 7.92. The number of amides is 3. The van der Waals surface area contributed by atoms with Crippen molar-refractivity contribution in [2.24, 2.45) is 5.92 Å². The van der Waals surface area contributed by atoms with Crippen molar-refractivity contribution in [2.75, 3.05) is 26.7 Å². The predicted octanol–water partition coefficient (Wildman–Crippen LogP) is 1.43. The van der Waals surface area contributed by atoms with Gasteiger partial charge < -0.3 is 15.1 Å². The van der Waals surface area contributed by atoms with Crippen molar-refractivity contribution in [1.29, 1.82) is 5.41 Å². The van der Waals surface area contributed by atoms with E-state index in [2.05, 4.69) is 10.2 Å². The lowest BCUT2D eigenvalue weighted by molar-refractivity contribution is -0.140. The standard InChI is InChI=1S/C20H27N5O3/c1-23-10-9-15(11-23)19(26)22-18(21)17-8-7-16-12-24(17)20(27)25(16)28-13-14-5-3-2-4-6-14/h2-6,15-17H,7-13H2,1H3,(H2,21,22,26)/t15-,16-,17+/m1/s1. The maximum Gasteiger partial charge on any atom is 0.344 e. The summed E-state index contributed by atoms with van der Waals surface area (Å²) in [6, 6.07) is 9.13. The highest BCUT2D eigenvalue weighted by atomic mass is 16.7. The van der Waals surface area contributed by atoms with Gasteiger partial charge in [0.15, 0.2) is 0 Å². The molecule has 2 bridgehead atoms. The van der Waals surface area contributed by atoms with Gasteiger partial charge in [-0.1, -0.05) is 30.3 Å². The Morgan fingerprint density at radius 1 is 1.21 bits per heavy atom. The Hall–Kier alpha value is -2.45. The average molecular weight is 385 g/mol. The van der Waals surface area contributed by atoms with Crippen LogP contribution in [-0.2, 0) is 16.2 Å². The number of rotatable bonds is 5. The molecule has 3 saturated heterocycles. The number of nitrogens with one attached hydrogen (secondary N) is 2. The summed E-state index contributed by atoms with van der Waals surface area (Å²) in [5.41, 5.74) is 1.00. The van der Waals surface area contributed by atoms with Crippen LogP contribution in [0.15, 0.2) is 30.3 Å². The van der Waals surface area contributed by atoms with Crippen LogP contribution in [0.1, 0.15) is 24.8 Å². The minimum absolute atomic E-state index is 0.000513. The summed E-state index contributed by atoms with van der Waals surface area (Å²) in [4.78, 5) is 34.8. The average Bonchev–Trinajstić information content (AvgIpc) is 3.23. The Morgan fingerprint density at radius 2 is 2.00 bits per heavy atom. The molecule has 3 amide bonds. The van der Waals surface area contributed by atoms with Crippen LogP contribution in [0.3, 0.4) is 0 Å². The van der Waals surface area contributed by atoms with Crippen LogP contribution in [0.5, 0.6) is 0 Å². The van der Waals surface area contributed by atoms with E-state index in [0.717, 1.165) is 31.5 Å². The van der Waals surface area contributed by atoms with Gasteiger partial charge in [0, 0.05) is 13.1 Å². The van der Waals surface area contributed by atoms with Crippen LogP contribution in [0.25, 0.3) is 0 Å². The molecule has 8 nitrogen and oxygen atoms in total. The topological polar surface area (TPSA) is 89.0 Å². The van der Waals surface area contributed by atoms with Crippen LogP contribution < -0.4 is 5.32 Å². The lowest BCUT2D eigenvalue weighted by Gasteiger charge is -2.31. The third kappa shape index (κ3) is 3.74. The summed E-state index contributed by atoms with van der Waals surface area (Å²) in [6.45, 7) is 2.48. The highest BCUT2D eigenvalue weighted by Crippen LogP contribution is 2.30. The molecule has 1 aromatic rings. The van der Waals surface area contributed by atoms with Crippen LogP contribution in [0.2, 0.25) is 0 Å². The number of nitrogens with zero attached hydrogens (tertiary/aromatic N) is 3. The van der Waals surface area contributed by atoms with Crippen LogP contribution in [-0.4, -0.2) is 71.4 Å². The van der Waals surface area contributed by atoms with Gasteiger partial charge >= 0.3 is 6.03 Å². The lowest BCUT2D eigenvalue weighted by Crippen LogP contribution is -2.51. The highest BCUT2D eigenvalue weighted by molar-refractivity contribution is 6.01. The number of fused-ring (bicyclic) bond motifs is 2. The summed E-state index contributed by atoms with van der Waals surface area (Å²) in [7, 11) is 1.99. The molecule has 3 fully saturated rings. The zero-order chi connectivity index (χ0) is 19.7. The van der Waals surface area contributed by atoms with Crippen molar-refractivity contribution in [1.82, 2.24) is 20.2 Å². The number of hydroxylamine groups is 2. The summed E-state index contributed by atoms with van der Waals surface area (Å²) in [5, 5.41) is 12.6. The molecule has 8 heteroatoms. The van der Waals surface area contributed by atoms with E-state index in [1.165, 1.54) is 5.06 Å². The third-order valence-corrected chi connectivity index (χ3v) is 5.89. The molecule has 0 aliphatic carbocycles. The first-order chi connectivity index (χ1) is 13.5. The number of carbonyl (C=O) groups is 2. The van der Waals surface area contributed by atoms with E-state index in [4.69, 9.17) is 10.2 Å². The maximum atomic E-state index is 12.8. The van der Waals surface area contributed by atoms with E-state index in [-0.39, 0.29) is 29.7 Å². The van der Waals surface area contributed by atoms with Gasteiger partial charge in [0.25, 0.3) is 0 Å². The van der Waals surface area contributed by atoms with E-state index in [1.807, 2.05) is 37.4 Å². The number of hydrogen-bond donors (Lipinski definition) is 2. The molecule has 0 radical (unpaired) electrons. The zero-order valence-corrected chi connectivity index (χ0v) is 16.1. The molecule has 150 valence electrons. The Bertz CT molecular complexity index is 755. The first-order valence-corrected chi connectivity index (χ1v) is 9.87. The number of urea groups is 1. The number of piperidine rings is 1. The molecule has 3 aliphatic heterocycles. The maximum absolute atomic E-state index is 12.8. The van der Waals surface area contributed by atoms with Crippen molar-refractivity contribution in [3.05, 3.63) is 35.9 Å². The predicted molar refractivity (Wildman–Crippen MR) is 103 cm³/mol. The molecule has 0 spiro atoms. The summed E-state index contributed by atoms with van der Waals surface area (Å²) >= 11 is 0. The first kappa shape index (κ1) is 18.9. The van der Waals surface area contributed by atoms with Gasteiger partial charge in [-0.15, -0.1) is 0 Å². The van der Waals surface area contributed by atoms with E-state index in [0.29, 0.717) is 19.6 Å². The molecular formula is C20H27N5O3. The van der Waals surface area contributed by atoms with Crippen LogP contribution in [0.4, 0.5) is 4.79 Å². The largest absolute Gasteiger partial charge is 0.344 e. The zero-order valence-electron chi connectivity index (χ0n) is 16.1.